The molecule has 0 saturated carbocycles. The molecule has 0 bridgehead atoms. The van der Waals surface area contributed by atoms with Crippen molar-refractivity contribution in [1.82, 2.24) is 0 Å². The molecule has 3 aromatic rings. The maximum atomic E-state index is 13.2. The number of esters is 1. The van der Waals surface area contributed by atoms with Crippen LogP contribution >= 0.6 is 0 Å². The van der Waals surface area contributed by atoms with Gasteiger partial charge in [0, 0.05) is 24.2 Å². The first-order valence-electron chi connectivity index (χ1n) is 11.8. The zero-order chi connectivity index (χ0) is 29.1. The predicted molar refractivity (Wildman–Crippen MR) is 134 cm³/mol. The lowest BCUT2D eigenvalue weighted by Gasteiger charge is -2.39. The third kappa shape index (κ3) is 5.63. The molecule has 1 aliphatic rings. The highest BCUT2D eigenvalue weighted by molar-refractivity contribution is 5.91. The van der Waals surface area contributed by atoms with E-state index in [1.54, 1.807) is 0 Å². The molecule has 0 spiro atoms. The van der Waals surface area contributed by atoms with E-state index in [2.05, 4.69) is 0 Å². The third-order valence-corrected chi connectivity index (χ3v) is 6.00. The summed E-state index contributed by atoms with van der Waals surface area (Å²) < 4.78 is 22.9. The molecular formula is C26H27NO13. The number of carbonyl (C=O) groups excluding carboxylic acids is 1. The summed E-state index contributed by atoms with van der Waals surface area (Å²) in [6, 6.07) is 5.93. The van der Waals surface area contributed by atoms with Crippen LogP contribution in [0.5, 0.6) is 51.7 Å². The summed E-state index contributed by atoms with van der Waals surface area (Å²) in [7, 11) is 0. The minimum Gasteiger partial charge on any atom is -0.508 e. The molecule has 3 aromatic carbocycles. The van der Waals surface area contributed by atoms with Crippen molar-refractivity contribution >= 4 is 5.97 Å². The topological polar surface area (TPSA) is 242 Å². The summed E-state index contributed by atoms with van der Waals surface area (Å²) in [6.07, 6.45) is -4.19. The molecule has 1 heterocycles. The fourth-order valence-electron chi connectivity index (χ4n) is 4.19. The molecule has 40 heavy (non-hydrogen) atoms. The number of carbonyl (C=O) groups is 1. The Kier molecular flexibility index (Phi) is 8.13. The van der Waals surface area contributed by atoms with E-state index in [1.807, 2.05) is 0 Å². The predicted octanol–water partition coefficient (Wildman–Crippen LogP) is 1.72. The minimum atomic E-state index is -1.49. The van der Waals surface area contributed by atoms with Crippen molar-refractivity contribution < 1.29 is 64.6 Å². The molecule has 4 rings (SSSR count). The van der Waals surface area contributed by atoms with Gasteiger partial charge in [-0.15, -0.1) is 0 Å². The lowest BCUT2D eigenvalue weighted by Crippen LogP contribution is -2.40. The van der Waals surface area contributed by atoms with Gasteiger partial charge in [-0.1, -0.05) is 0 Å². The first-order valence-corrected chi connectivity index (χ1v) is 11.8. The molecule has 0 amide bonds. The monoisotopic (exact) mass is 561 g/mol. The number of nitrogens with two attached hydrogens (primary N) is 1. The zero-order valence-electron chi connectivity index (χ0n) is 20.7. The second-order valence-corrected chi connectivity index (χ2v) is 8.75. The number of fused-ring (bicyclic) bond motifs is 1. The molecule has 0 saturated heterocycles. The van der Waals surface area contributed by atoms with Gasteiger partial charge in [0.05, 0.1) is 30.9 Å². The van der Waals surface area contributed by atoms with E-state index < -0.39 is 64.5 Å². The number of phenolic OH excluding ortho intramolecular Hbond substituents is 8. The van der Waals surface area contributed by atoms with Gasteiger partial charge in [0.15, 0.2) is 46.7 Å². The summed E-state index contributed by atoms with van der Waals surface area (Å²) >= 11 is 0. The normalized spacial score (nSPS) is 18.1. The Labute approximate surface area is 226 Å². The van der Waals surface area contributed by atoms with Crippen molar-refractivity contribution in [1.29, 1.82) is 0 Å². The molecule has 0 aromatic heterocycles. The summed E-state index contributed by atoms with van der Waals surface area (Å²) in [5, 5.41) is 80.2. The van der Waals surface area contributed by atoms with Crippen molar-refractivity contribution in [3.63, 3.8) is 0 Å². The SMILES string of the molecule is NCCOCCOC1c2c(O)cc(O)cc2OC(c2cc(O)c(O)c(O)c2)C1OC(=O)c1cc(O)c(O)c(O)c1. The fourth-order valence-corrected chi connectivity index (χ4v) is 4.19. The average molecular weight is 561 g/mol. The molecule has 3 atom stereocenters. The molecule has 10 N–H and O–H groups in total. The van der Waals surface area contributed by atoms with Crippen LogP contribution in [0.2, 0.25) is 0 Å². The summed E-state index contributed by atoms with van der Waals surface area (Å²) in [4.78, 5) is 13.2. The van der Waals surface area contributed by atoms with E-state index in [0.29, 0.717) is 0 Å². The van der Waals surface area contributed by atoms with Gasteiger partial charge < -0.3 is 65.5 Å². The lowest BCUT2D eigenvalue weighted by atomic mass is 9.90. The molecule has 1 aliphatic heterocycles. The summed E-state index contributed by atoms with van der Waals surface area (Å²) in [5.41, 5.74) is 5.01. The Morgan fingerprint density at radius 3 is 1.98 bits per heavy atom. The van der Waals surface area contributed by atoms with E-state index in [4.69, 9.17) is 24.7 Å². The standard InChI is InChI=1S/C26H27NO13/c27-1-2-37-3-4-38-24-20-14(29)9-13(28)10-19(20)39-23(11-5-15(30)21(34)16(31)6-11)25(24)40-26(36)12-7-17(32)22(35)18(33)8-12/h5-10,23-25,28-35H,1-4,27H2. The number of rotatable bonds is 9. The highest BCUT2D eigenvalue weighted by atomic mass is 16.6. The van der Waals surface area contributed by atoms with Crippen molar-refractivity contribution in [3.05, 3.63) is 53.1 Å². The van der Waals surface area contributed by atoms with E-state index in [0.717, 1.165) is 36.4 Å². The average Bonchev–Trinajstić information content (AvgIpc) is 2.89. The Balaban J connectivity index is 1.81. The number of phenols is 8. The zero-order valence-corrected chi connectivity index (χ0v) is 20.7. The van der Waals surface area contributed by atoms with Crippen LogP contribution in [-0.2, 0) is 14.2 Å². The summed E-state index contributed by atoms with van der Waals surface area (Å²) in [5.74, 6) is -6.81. The number of aromatic hydroxyl groups is 8. The van der Waals surface area contributed by atoms with Crippen LogP contribution in [0.4, 0.5) is 0 Å². The van der Waals surface area contributed by atoms with Gasteiger partial charge in [0.25, 0.3) is 0 Å². The van der Waals surface area contributed by atoms with Crippen molar-refractivity contribution in [2.75, 3.05) is 26.4 Å². The Hall–Kier alpha value is -4.79. The van der Waals surface area contributed by atoms with Crippen LogP contribution in [0.1, 0.15) is 33.7 Å². The van der Waals surface area contributed by atoms with Crippen LogP contribution in [0.3, 0.4) is 0 Å². The summed E-state index contributed by atoms with van der Waals surface area (Å²) in [6.45, 7) is 0.434. The maximum absolute atomic E-state index is 13.2. The molecule has 14 nitrogen and oxygen atoms in total. The van der Waals surface area contributed by atoms with Crippen LogP contribution < -0.4 is 10.5 Å². The van der Waals surface area contributed by atoms with E-state index >= 15 is 0 Å². The lowest BCUT2D eigenvalue weighted by molar-refractivity contribution is -0.117. The van der Waals surface area contributed by atoms with Crippen LogP contribution in [0.15, 0.2) is 36.4 Å². The maximum Gasteiger partial charge on any atom is 0.338 e. The van der Waals surface area contributed by atoms with Gasteiger partial charge >= 0.3 is 5.97 Å². The van der Waals surface area contributed by atoms with Crippen LogP contribution in [-0.4, -0.2) is 79.3 Å². The van der Waals surface area contributed by atoms with Gasteiger partial charge in [-0.2, -0.15) is 0 Å². The second-order valence-electron chi connectivity index (χ2n) is 8.75. The number of hydrogen-bond acceptors (Lipinski definition) is 14. The highest BCUT2D eigenvalue weighted by Gasteiger charge is 2.45. The Bertz CT molecular complexity index is 1360. The first-order chi connectivity index (χ1) is 19.0. The highest BCUT2D eigenvalue weighted by Crippen LogP contribution is 2.51. The quantitative estimate of drug-likeness (QED) is 0.103. The fraction of sp³-hybridized carbons (Fsp3) is 0.269. The first kappa shape index (κ1) is 28.2. The second kappa shape index (κ2) is 11.5. The molecule has 3 unspecified atom stereocenters. The van der Waals surface area contributed by atoms with E-state index in [1.165, 1.54) is 0 Å². The third-order valence-electron chi connectivity index (χ3n) is 6.00. The molecule has 0 fully saturated rings. The van der Waals surface area contributed by atoms with Crippen LogP contribution in [0.25, 0.3) is 0 Å². The van der Waals surface area contributed by atoms with Crippen molar-refractivity contribution in [3.8, 4) is 51.7 Å². The molecule has 14 heteroatoms. The Morgan fingerprint density at radius 2 is 1.38 bits per heavy atom. The molecule has 0 radical (unpaired) electrons. The van der Waals surface area contributed by atoms with Gasteiger partial charge in [0.1, 0.15) is 23.4 Å². The van der Waals surface area contributed by atoms with E-state index in [-0.39, 0.29) is 54.6 Å². The smallest absolute Gasteiger partial charge is 0.338 e. The van der Waals surface area contributed by atoms with Gasteiger partial charge in [-0.3, -0.25) is 0 Å². The minimum absolute atomic E-state index is 0.0107. The van der Waals surface area contributed by atoms with Crippen LogP contribution in [0, 0.1) is 0 Å². The van der Waals surface area contributed by atoms with Gasteiger partial charge in [-0.25, -0.2) is 4.79 Å². The van der Waals surface area contributed by atoms with Crippen molar-refractivity contribution in [2.45, 2.75) is 18.3 Å². The van der Waals surface area contributed by atoms with Crippen molar-refractivity contribution in [2.24, 2.45) is 5.73 Å². The molecule has 0 aliphatic carbocycles. The molecule has 214 valence electrons. The van der Waals surface area contributed by atoms with E-state index in [9.17, 15) is 45.6 Å². The largest absolute Gasteiger partial charge is 0.508 e. The number of hydrogen-bond donors (Lipinski definition) is 9. The van der Waals surface area contributed by atoms with Gasteiger partial charge in [0.2, 0.25) is 0 Å². The van der Waals surface area contributed by atoms with Gasteiger partial charge in [-0.05, 0) is 24.3 Å². The number of ether oxygens (including phenoxy) is 4. The number of benzene rings is 3. The Morgan fingerprint density at radius 1 is 0.775 bits per heavy atom. The molecular weight excluding hydrogens is 534 g/mol.